The van der Waals surface area contributed by atoms with Crippen LogP contribution in [0.1, 0.15) is 47.8 Å². The highest BCUT2D eigenvalue weighted by atomic mass is 31.2. The smallest absolute Gasteiger partial charge is 0.351 e. The van der Waals surface area contributed by atoms with E-state index in [1.165, 1.54) is 13.8 Å². The SMILES string of the molecule is CC(C)OC(=O)[C@H](C)NP(=O)(N[C@H](C)C(=O)OC(C)C)OC[C@]1(C(F)F)O[C@H](n2ccc(N)nc2=O)[C@@H](O)[C@H]1O. The van der Waals surface area contributed by atoms with Gasteiger partial charge in [0.2, 0.25) is 0 Å². The van der Waals surface area contributed by atoms with Crippen molar-refractivity contribution < 1.29 is 51.9 Å². The Bertz CT molecular complexity index is 1120. The Labute approximate surface area is 228 Å². The molecule has 1 aromatic rings. The quantitative estimate of drug-likeness (QED) is 0.150. The zero-order chi connectivity index (χ0) is 30.6. The number of nitrogens with zero attached hydrogens (tertiary/aromatic N) is 2. The predicted molar refractivity (Wildman–Crippen MR) is 135 cm³/mol. The molecule has 0 amide bonds. The molecule has 1 saturated heterocycles. The number of halogens is 2. The van der Waals surface area contributed by atoms with E-state index in [1.54, 1.807) is 27.7 Å². The summed E-state index contributed by atoms with van der Waals surface area (Å²) in [4.78, 5) is 40.3. The molecular formula is C22H36F2N5O10P. The fourth-order valence-corrected chi connectivity index (χ4v) is 5.44. The minimum atomic E-state index is -4.62. The van der Waals surface area contributed by atoms with E-state index in [1.807, 2.05) is 0 Å². The largest absolute Gasteiger partial charge is 0.462 e. The number of hydrogen-bond acceptors (Lipinski definition) is 12. The highest BCUT2D eigenvalue weighted by Gasteiger charge is 2.61. The third kappa shape index (κ3) is 8.02. The molecule has 6 N–H and O–H groups in total. The van der Waals surface area contributed by atoms with Gasteiger partial charge in [-0.2, -0.15) is 4.98 Å². The van der Waals surface area contributed by atoms with Crippen LogP contribution >= 0.6 is 7.67 Å². The Morgan fingerprint density at radius 1 is 1.12 bits per heavy atom. The van der Waals surface area contributed by atoms with Gasteiger partial charge in [0.25, 0.3) is 6.43 Å². The van der Waals surface area contributed by atoms with Gasteiger partial charge in [0, 0.05) is 6.20 Å². The molecule has 7 atom stereocenters. The van der Waals surface area contributed by atoms with Gasteiger partial charge >= 0.3 is 25.3 Å². The predicted octanol–water partition coefficient (Wildman–Crippen LogP) is 0.0641. The van der Waals surface area contributed by atoms with Crippen molar-refractivity contribution in [3.8, 4) is 0 Å². The fraction of sp³-hybridized carbons (Fsp3) is 0.727. The lowest BCUT2D eigenvalue weighted by Crippen LogP contribution is -2.53. The monoisotopic (exact) mass is 599 g/mol. The molecule has 0 radical (unpaired) electrons. The molecular weight excluding hydrogens is 563 g/mol. The topological polar surface area (TPSA) is 214 Å². The molecule has 228 valence electrons. The summed E-state index contributed by atoms with van der Waals surface area (Å²) in [5, 5.41) is 25.8. The number of nitrogen functional groups attached to an aromatic ring is 1. The van der Waals surface area contributed by atoms with Gasteiger partial charge in [0.1, 0.15) is 30.1 Å². The van der Waals surface area contributed by atoms with Gasteiger partial charge in [-0.25, -0.2) is 23.7 Å². The van der Waals surface area contributed by atoms with Crippen LogP contribution in [0.3, 0.4) is 0 Å². The van der Waals surface area contributed by atoms with E-state index in [0.717, 1.165) is 12.3 Å². The Morgan fingerprint density at radius 2 is 1.62 bits per heavy atom. The van der Waals surface area contributed by atoms with E-state index < -0.39 is 86.7 Å². The van der Waals surface area contributed by atoms with Gasteiger partial charge < -0.3 is 34.7 Å². The van der Waals surface area contributed by atoms with E-state index in [2.05, 4.69) is 15.2 Å². The number of aromatic nitrogens is 2. The number of ether oxygens (including phenoxy) is 3. The zero-order valence-corrected chi connectivity index (χ0v) is 23.7. The molecule has 2 rings (SSSR count). The summed E-state index contributed by atoms with van der Waals surface area (Å²) < 4.78 is 64.0. The number of rotatable bonds is 13. The zero-order valence-electron chi connectivity index (χ0n) is 22.8. The van der Waals surface area contributed by atoms with Crippen molar-refractivity contribution in [2.75, 3.05) is 12.3 Å². The highest BCUT2D eigenvalue weighted by Crippen LogP contribution is 2.46. The van der Waals surface area contributed by atoms with Crippen LogP contribution in [0.4, 0.5) is 14.6 Å². The molecule has 1 aliphatic rings. The van der Waals surface area contributed by atoms with E-state index >= 15 is 0 Å². The molecule has 0 bridgehead atoms. The molecule has 1 aromatic heterocycles. The van der Waals surface area contributed by atoms with E-state index in [4.69, 9.17) is 24.5 Å². The van der Waals surface area contributed by atoms with Crippen molar-refractivity contribution >= 4 is 25.4 Å². The van der Waals surface area contributed by atoms with Crippen LogP contribution in [-0.2, 0) is 32.9 Å². The first kappa shape index (κ1) is 33.7. The molecule has 0 saturated carbocycles. The second-order valence-electron chi connectivity index (χ2n) is 9.74. The fourth-order valence-electron chi connectivity index (χ4n) is 3.60. The number of alkyl halides is 2. The average molecular weight is 600 g/mol. The minimum absolute atomic E-state index is 0.189. The second kappa shape index (κ2) is 13.4. The van der Waals surface area contributed by atoms with Crippen LogP contribution in [0.25, 0.3) is 0 Å². The number of nitrogens with two attached hydrogens (primary N) is 1. The number of hydrogen-bond donors (Lipinski definition) is 5. The summed E-state index contributed by atoms with van der Waals surface area (Å²) in [7, 11) is -4.62. The maximum absolute atomic E-state index is 14.4. The van der Waals surface area contributed by atoms with E-state index in [-0.39, 0.29) is 5.82 Å². The Morgan fingerprint density at radius 3 is 2.05 bits per heavy atom. The Balaban J connectivity index is 2.38. The normalized spacial score (nSPS) is 26.1. The highest BCUT2D eigenvalue weighted by molar-refractivity contribution is 7.54. The second-order valence-corrected chi connectivity index (χ2v) is 11.6. The molecule has 1 fully saturated rings. The lowest BCUT2D eigenvalue weighted by atomic mass is 9.96. The standard InChI is InChI=1S/C22H36F2N5O10P/c1-10(2)37-18(32)12(5)27-40(35,28-13(6)19(33)38-11(3)4)36-9-22(20(23)24)16(31)15(30)17(39-22)29-8-7-14(25)26-21(29)34/h7-8,10-13,15-17,20,30-31H,9H2,1-6H3,(H2,25,26,34)(H2,27,28,35)/t12-,13+,15-,16+,17-,22-,40?/m0/s1. The van der Waals surface area contributed by atoms with Crippen LogP contribution in [0, 0.1) is 0 Å². The molecule has 40 heavy (non-hydrogen) atoms. The van der Waals surface area contributed by atoms with E-state index in [9.17, 15) is 37.9 Å². The number of carbonyl (C=O) groups is 2. The van der Waals surface area contributed by atoms with Crippen molar-refractivity contribution in [2.45, 2.75) is 96.3 Å². The molecule has 1 unspecified atom stereocenters. The van der Waals surface area contributed by atoms with Crippen LogP contribution in [0.15, 0.2) is 17.1 Å². The third-order valence-electron chi connectivity index (χ3n) is 5.56. The third-order valence-corrected chi connectivity index (χ3v) is 7.51. The average Bonchev–Trinajstić information content (AvgIpc) is 3.08. The number of nitrogens with one attached hydrogen (secondary N) is 2. The molecule has 15 nitrogen and oxygen atoms in total. The summed E-state index contributed by atoms with van der Waals surface area (Å²) in [6.45, 7) is 7.43. The summed E-state index contributed by atoms with van der Waals surface area (Å²) in [6.07, 6.45) is -9.92. The molecule has 1 aliphatic heterocycles. The van der Waals surface area contributed by atoms with Crippen molar-refractivity contribution in [3.05, 3.63) is 22.7 Å². The van der Waals surface area contributed by atoms with E-state index in [0.29, 0.717) is 4.57 Å². The molecule has 2 heterocycles. The lowest BCUT2D eigenvalue weighted by molar-refractivity contribution is -0.192. The summed E-state index contributed by atoms with van der Waals surface area (Å²) in [5.74, 6) is -1.93. The van der Waals surface area contributed by atoms with Gasteiger partial charge in [0.15, 0.2) is 11.8 Å². The summed E-state index contributed by atoms with van der Waals surface area (Å²) in [6, 6.07) is -1.52. The number of carbonyl (C=O) groups excluding carboxylic acids is 2. The van der Waals surface area contributed by atoms with Crippen molar-refractivity contribution in [1.82, 2.24) is 19.7 Å². The van der Waals surface area contributed by atoms with Crippen molar-refractivity contribution in [2.24, 2.45) is 0 Å². The number of aliphatic hydroxyl groups excluding tert-OH is 2. The van der Waals surface area contributed by atoms with Gasteiger partial charge in [-0.3, -0.25) is 18.7 Å². The van der Waals surface area contributed by atoms with Gasteiger partial charge in [-0.1, -0.05) is 0 Å². The van der Waals surface area contributed by atoms with Crippen molar-refractivity contribution in [1.29, 1.82) is 0 Å². The lowest BCUT2D eigenvalue weighted by Gasteiger charge is -2.33. The molecule has 0 spiro atoms. The summed E-state index contributed by atoms with van der Waals surface area (Å²) in [5.41, 5.74) is 1.35. The number of anilines is 1. The number of esters is 2. The first-order valence-corrected chi connectivity index (χ1v) is 13.9. The summed E-state index contributed by atoms with van der Waals surface area (Å²) >= 11 is 0. The van der Waals surface area contributed by atoms with Gasteiger partial charge in [-0.05, 0) is 47.6 Å². The molecule has 0 aromatic carbocycles. The Kier molecular flexibility index (Phi) is 11.3. The van der Waals surface area contributed by atoms with Crippen LogP contribution in [0.5, 0.6) is 0 Å². The number of aliphatic hydroxyl groups is 2. The van der Waals surface area contributed by atoms with Crippen molar-refractivity contribution in [3.63, 3.8) is 0 Å². The first-order chi connectivity index (χ1) is 18.4. The van der Waals surface area contributed by atoms with Gasteiger partial charge in [0.05, 0.1) is 18.8 Å². The van der Waals surface area contributed by atoms with Crippen LogP contribution in [-0.4, -0.2) is 86.8 Å². The maximum Gasteiger partial charge on any atom is 0.351 e. The van der Waals surface area contributed by atoms with Crippen LogP contribution < -0.4 is 21.6 Å². The molecule has 0 aliphatic carbocycles. The molecule has 18 heteroatoms. The Hall–Kier alpha value is -2.53. The van der Waals surface area contributed by atoms with Gasteiger partial charge in [-0.15, -0.1) is 0 Å². The first-order valence-electron chi connectivity index (χ1n) is 12.3. The minimum Gasteiger partial charge on any atom is -0.462 e. The maximum atomic E-state index is 14.4. The van der Waals surface area contributed by atoms with Crippen LogP contribution in [0.2, 0.25) is 0 Å².